The molecule has 3 rings (SSSR count). The van der Waals surface area contributed by atoms with Gasteiger partial charge in [-0.25, -0.2) is 9.78 Å². The minimum atomic E-state index is -0.938. The Bertz CT molecular complexity index is 788. The van der Waals surface area contributed by atoms with Crippen LogP contribution >= 0.6 is 11.6 Å². The normalized spacial score (nSPS) is 15.0. The number of fused-ring (bicyclic) bond motifs is 1. The van der Waals surface area contributed by atoms with Crippen LogP contribution in [-0.4, -0.2) is 53.5 Å². The van der Waals surface area contributed by atoms with Crippen molar-refractivity contribution in [2.75, 3.05) is 36.8 Å². The summed E-state index contributed by atoms with van der Waals surface area (Å²) in [6.45, 7) is 1.68. The summed E-state index contributed by atoms with van der Waals surface area (Å²) in [7, 11) is 0. The molecule has 1 aromatic heterocycles. The van der Waals surface area contributed by atoms with Crippen LogP contribution < -0.4 is 10.6 Å². The number of carbonyl (C=O) groups is 2. The minimum Gasteiger partial charge on any atom is -0.465 e. The average molecular weight is 335 g/mol. The van der Waals surface area contributed by atoms with Gasteiger partial charge >= 0.3 is 6.09 Å². The van der Waals surface area contributed by atoms with E-state index in [2.05, 4.69) is 4.98 Å². The SMILES string of the molecule is Nc1c(N2CCN(C(=O)O)CC2)nc2ccc(Cl)cc2c1C=O. The summed E-state index contributed by atoms with van der Waals surface area (Å²) in [6.07, 6.45) is -0.237. The number of aromatic nitrogens is 1. The predicted molar refractivity (Wildman–Crippen MR) is 88.4 cm³/mol. The zero-order valence-electron chi connectivity index (χ0n) is 12.2. The molecule has 2 aromatic rings. The van der Waals surface area contributed by atoms with E-state index in [0.717, 1.165) is 0 Å². The Kier molecular flexibility index (Phi) is 3.96. The van der Waals surface area contributed by atoms with E-state index in [1.165, 1.54) is 4.90 Å². The standard InChI is InChI=1S/C15H15ClN4O3/c16-9-1-2-12-10(7-9)11(8-21)13(17)14(18-12)19-3-5-20(6-4-19)15(22)23/h1-2,7-8H,3-6,17H2,(H,22,23). The molecule has 0 saturated carbocycles. The van der Waals surface area contributed by atoms with Gasteiger partial charge in [-0.1, -0.05) is 11.6 Å². The third kappa shape index (κ3) is 2.75. The summed E-state index contributed by atoms with van der Waals surface area (Å²) in [6, 6.07) is 5.10. The first-order chi connectivity index (χ1) is 11.0. The first-order valence-electron chi connectivity index (χ1n) is 7.08. The maximum atomic E-state index is 11.5. The van der Waals surface area contributed by atoms with Gasteiger partial charge in [0, 0.05) is 36.6 Å². The van der Waals surface area contributed by atoms with Crippen molar-refractivity contribution in [2.24, 2.45) is 0 Å². The smallest absolute Gasteiger partial charge is 0.407 e. The molecule has 2 heterocycles. The van der Waals surface area contributed by atoms with E-state index in [-0.39, 0.29) is 0 Å². The fourth-order valence-electron chi connectivity index (χ4n) is 2.74. The first-order valence-corrected chi connectivity index (χ1v) is 7.46. The summed E-state index contributed by atoms with van der Waals surface area (Å²) in [4.78, 5) is 30.2. The molecule has 1 saturated heterocycles. The minimum absolute atomic E-state index is 0.290. The highest BCUT2D eigenvalue weighted by atomic mass is 35.5. The quantitative estimate of drug-likeness (QED) is 0.816. The summed E-state index contributed by atoms with van der Waals surface area (Å²) in [5.41, 5.74) is 7.40. The number of hydrogen-bond donors (Lipinski definition) is 2. The number of benzene rings is 1. The average Bonchev–Trinajstić information content (AvgIpc) is 2.54. The molecule has 0 aliphatic carbocycles. The van der Waals surface area contributed by atoms with Crippen LogP contribution in [0, 0.1) is 0 Å². The molecule has 1 aliphatic heterocycles. The van der Waals surface area contributed by atoms with Crippen LogP contribution in [0.3, 0.4) is 0 Å². The van der Waals surface area contributed by atoms with Gasteiger partial charge in [0.15, 0.2) is 12.1 Å². The monoisotopic (exact) mass is 334 g/mol. The van der Waals surface area contributed by atoms with E-state index in [9.17, 15) is 9.59 Å². The summed E-state index contributed by atoms with van der Waals surface area (Å²) < 4.78 is 0. The number of piperazine rings is 1. The molecular formula is C15H15ClN4O3. The molecule has 3 N–H and O–H groups in total. The molecular weight excluding hydrogens is 320 g/mol. The van der Waals surface area contributed by atoms with Crippen molar-refractivity contribution in [2.45, 2.75) is 0 Å². The number of rotatable bonds is 2. The molecule has 0 spiro atoms. The van der Waals surface area contributed by atoms with Crippen LogP contribution in [0.15, 0.2) is 18.2 Å². The number of pyridine rings is 1. The van der Waals surface area contributed by atoms with E-state index in [0.29, 0.717) is 65.5 Å². The predicted octanol–water partition coefficient (Wildman–Crippen LogP) is 2.08. The third-order valence-corrected chi connectivity index (χ3v) is 4.21. The second-order valence-electron chi connectivity index (χ2n) is 5.30. The van der Waals surface area contributed by atoms with E-state index in [4.69, 9.17) is 22.4 Å². The van der Waals surface area contributed by atoms with Gasteiger partial charge in [-0.05, 0) is 18.2 Å². The number of halogens is 1. The third-order valence-electron chi connectivity index (χ3n) is 3.97. The molecule has 1 amide bonds. The van der Waals surface area contributed by atoms with Crippen molar-refractivity contribution in [1.82, 2.24) is 9.88 Å². The molecule has 1 aromatic carbocycles. The number of carboxylic acid groups (broad SMARTS) is 1. The van der Waals surface area contributed by atoms with Crippen molar-refractivity contribution in [3.8, 4) is 0 Å². The number of anilines is 2. The van der Waals surface area contributed by atoms with Gasteiger partial charge in [-0.15, -0.1) is 0 Å². The van der Waals surface area contributed by atoms with E-state index >= 15 is 0 Å². The van der Waals surface area contributed by atoms with Crippen molar-refractivity contribution >= 4 is 46.4 Å². The zero-order chi connectivity index (χ0) is 16.6. The Hall–Kier alpha value is -2.54. The summed E-state index contributed by atoms with van der Waals surface area (Å²) in [5.74, 6) is 0.506. The van der Waals surface area contributed by atoms with Crippen LogP contribution in [0.25, 0.3) is 10.9 Å². The number of hydrogen-bond acceptors (Lipinski definition) is 5. The molecule has 0 unspecified atom stereocenters. The lowest BCUT2D eigenvalue weighted by molar-refractivity contribution is 0.112. The van der Waals surface area contributed by atoms with Crippen LogP contribution in [0.2, 0.25) is 5.02 Å². The maximum absolute atomic E-state index is 11.5. The Balaban J connectivity index is 2.02. The van der Waals surface area contributed by atoms with Crippen LogP contribution in [0.1, 0.15) is 10.4 Å². The van der Waals surface area contributed by atoms with E-state index in [1.807, 2.05) is 4.90 Å². The molecule has 7 nitrogen and oxygen atoms in total. The first kappa shape index (κ1) is 15.4. The highest BCUT2D eigenvalue weighted by Crippen LogP contribution is 2.32. The van der Waals surface area contributed by atoms with Gasteiger partial charge < -0.3 is 20.6 Å². The van der Waals surface area contributed by atoms with Crippen molar-refractivity contribution in [3.63, 3.8) is 0 Å². The molecule has 1 fully saturated rings. The lowest BCUT2D eigenvalue weighted by Crippen LogP contribution is -2.48. The van der Waals surface area contributed by atoms with Crippen LogP contribution in [0.4, 0.5) is 16.3 Å². The van der Waals surface area contributed by atoms with Crippen molar-refractivity contribution in [1.29, 1.82) is 0 Å². The number of carbonyl (C=O) groups excluding carboxylic acids is 1. The second-order valence-corrected chi connectivity index (χ2v) is 5.74. The van der Waals surface area contributed by atoms with Crippen LogP contribution in [0.5, 0.6) is 0 Å². The molecule has 0 atom stereocenters. The van der Waals surface area contributed by atoms with Gasteiger partial charge in [-0.3, -0.25) is 4.79 Å². The Morgan fingerprint density at radius 2 is 2.00 bits per heavy atom. The summed E-state index contributed by atoms with van der Waals surface area (Å²) in [5, 5.41) is 10.1. The molecule has 0 radical (unpaired) electrons. The number of nitrogen functional groups attached to an aromatic ring is 1. The van der Waals surface area contributed by atoms with Crippen molar-refractivity contribution < 1.29 is 14.7 Å². The molecule has 0 bridgehead atoms. The van der Waals surface area contributed by atoms with Gasteiger partial charge in [0.1, 0.15) is 0 Å². The van der Waals surface area contributed by atoms with Crippen molar-refractivity contribution in [3.05, 3.63) is 28.8 Å². The van der Waals surface area contributed by atoms with Gasteiger partial charge in [0.25, 0.3) is 0 Å². The highest BCUT2D eigenvalue weighted by Gasteiger charge is 2.24. The second kappa shape index (κ2) is 5.92. The molecule has 23 heavy (non-hydrogen) atoms. The van der Waals surface area contributed by atoms with E-state index < -0.39 is 6.09 Å². The number of amides is 1. The van der Waals surface area contributed by atoms with E-state index in [1.54, 1.807) is 18.2 Å². The highest BCUT2D eigenvalue weighted by molar-refractivity contribution is 6.31. The Morgan fingerprint density at radius 1 is 1.30 bits per heavy atom. The molecule has 120 valence electrons. The van der Waals surface area contributed by atoms with Gasteiger partial charge in [0.05, 0.1) is 16.8 Å². The Morgan fingerprint density at radius 3 is 2.61 bits per heavy atom. The molecule has 1 aliphatic rings. The molecule has 8 heteroatoms. The maximum Gasteiger partial charge on any atom is 0.407 e. The Labute approximate surface area is 137 Å². The van der Waals surface area contributed by atoms with Gasteiger partial charge in [0.2, 0.25) is 0 Å². The number of nitrogens with two attached hydrogens (primary N) is 1. The fourth-order valence-corrected chi connectivity index (χ4v) is 2.91. The largest absolute Gasteiger partial charge is 0.465 e. The topological polar surface area (TPSA) is 99.8 Å². The van der Waals surface area contributed by atoms with Crippen LogP contribution in [-0.2, 0) is 0 Å². The lowest BCUT2D eigenvalue weighted by Gasteiger charge is -2.34. The zero-order valence-corrected chi connectivity index (χ0v) is 13.0. The fraction of sp³-hybridized carbons (Fsp3) is 0.267. The summed E-state index contributed by atoms with van der Waals surface area (Å²) >= 11 is 5.98. The lowest BCUT2D eigenvalue weighted by atomic mass is 10.1. The van der Waals surface area contributed by atoms with Gasteiger partial charge in [-0.2, -0.15) is 0 Å². The number of nitrogens with zero attached hydrogens (tertiary/aromatic N) is 3. The number of aldehydes is 1.